The van der Waals surface area contributed by atoms with Gasteiger partial charge in [-0.1, -0.05) is 0 Å². The zero-order valence-corrected chi connectivity index (χ0v) is 9.92. The number of pyridine rings is 1. The monoisotopic (exact) mass is 270 g/mol. The molecule has 0 atom stereocenters. The Morgan fingerprint density at radius 1 is 1.11 bits per heavy atom. The summed E-state index contributed by atoms with van der Waals surface area (Å²) in [6.07, 6.45) is -4.73. The first-order valence-electron chi connectivity index (χ1n) is 5.39. The van der Waals surface area contributed by atoms with Crippen molar-refractivity contribution in [2.45, 2.75) is 13.1 Å². The van der Waals surface area contributed by atoms with Crippen molar-refractivity contribution in [2.24, 2.45) is 0 Å². The maximum Gasteiger partial charge on any atom is 0.419 e. The zero-order chi connectivity index (χ0) is 14.2. The van der Waals surface area contributed by atoms with Gasteiger partial charge < -0.3 is 5.73 Å². The number of hydrogen-bond donors (Lipinski definition) is 1. The molecule has 100 valence electrons. The lowest BCUT2D eigenvalue weighted by molar-refractivity contribution is -0.139. The highest BCUT2D eigenvalue weighted by atomic mass is 19.4. The van der Waals surface area contributed by atoms with E-state index in [0.717, 1.165) is 12.1 Å². The van der Waals surface area contributed by atoms with Gasteiger partial charge in [0.2, 0.25) is 0 Å². The maximum atomic E-state index is 13.2. The summed E-state index contributed by atoms with van der Waals surface area (Å²) < 4.78 is 51.0. The highest BCUT2D eigenvalue weighted by Crippen LogP contribution is 2.34. The van der Waals surface area contributed by atoms with Crippen LogP contribution < -0.4 is 5.73 Å². The lowest BCUT2D eigenvalue weighted by atomic mass is 10.1. The van der Waals surface area contributed by atoms with E-state index in [1.165, 1.54) is 12.1 Å². The molecule has 0 aliphatic rings. The Morgan fingerprint density at radius 3 is 2.37 bits per heavy atom. The largest absolute Gasteiger partial charge is 0.419 e. The van der Waals surface area contributed by atoms with E-state index >= 15 is 0 Å². The first-order chi connectivity index (χ1) is 8.79. The molecule has 0 saturated heterocycles. The lowest BCUT2D eigenvalue weighted by Crippen LogP contribution is -2.08. The Bertz CT molecular complexity index is 621. The number of aryl methyl sites for hydroxylation is 1. The molecule has 0 saturated carbocycles. The number of alkyl halides is 3. The molecule has 0 aliphatic heterocycles. The van der Waals surface area contributed by atoms with Gasteiger partial charge in [0.15, 0.2) is 0 Å². The van der Waals surface area contributed by atoms with Gasteiger partial charge >= 0.3 is 6.18 Å². The van der Waals surface area contributed by atoms with Crippen LogP contribution in [0, 0.1) is 12.7 Å². The maximum absolute atomic E-state index is 13.2. The van der Waals surface area contributed by atoms with Crippen LogP contribution in [-0.4, -0.2) is 4.98 Å². The standard InChI is InChI=1S/C13H10F4N2/c1-7-11(18)4-5-12(19-7)8-2-3-10(14)9(6-8)13(15,16)17/h2-6H,18H2,1H3. The Labute approximate surface area is 106 Å². The zero-order valence-electron chi connectivity index (χ0n) is 9.92. The van der Waals surface area contributed by atoms with Crippen LogP contribution in [0.3, 0.4) is 0 Å². The molecule has 0 fully saturated rings. The van der Waals surface area contributed by atoms with Gasteiger partial charge in [-0.2, -0.15) is 13.2 Å². The topological polar surface area (TPSA) is 38.9 Å². The molecule has 2 N–H and O–H groups in total. The third kappa shape index (κ3) is 2.67. The SMILES string of the molecule is Cc1nc(-c2ccc(F)c(C(F)(F)F)c2)ccc1N. The second-order valence-corrected chi connectivity index (χ2v) is 4.06. The fraction of sp³-hybridized carbons (Fsp3) is 0.154. The number of hydrogen-bond acceptors (Lipinski definition) is 2. The molecule has 1 aromatic carbocycles. The number of nitrogen functional groups attached to an aromatic ring is 1. The van der Waals surface area contributed by atoms with Crippen LogP contribution in [0.2, 0.25) is 0 Å². The number of benzene rings is 1. The summed E-state index contributed by atoms with van der Waals surface area (Å²) in [6, 6.07) is 5.82. The number of halogens is 4. The highest BCUT2D eigenvalue weighted by Gasteiger charge is 2.34. The van der Waals surface area contributed by atoms with Gasteiger partial charge in [0.05, 0.1) is 22.6 Å². The summed E-state index contributed by atoms with van der Waals surface area (Å²) in [7, 11) is 0. The summed E-state index contributed by atoms with van der Waals surface area (Å²) in [6.45, 7) is 1.65. The fourth-order valence-electron chi connectivity index (χ4n) is 1.63. The predicted molar refractivity (Wildman–Crippen MR) is 63.8 cm³/mol. The van der Waals surface area contributed by atoms with Crippen LogP contribution in [0.5, 0.6) is 0 Å². The van der Waals surface area contributed by atoms with E-state index in [1.54, 1.807) is 13.0 Å². The van der Waals surface area contributed by atoms with Crippen molar-refractivity contribution < 1.29 is 17.6 Å². The minimum Gasteiger partial charge on any atom is -0.397 e. The molecule has 0 unspecified atom stereocenters. The van der Waals surface area contributed by atoms with Gasteiger partial charge in [-0.15, -0.1) is 0 Å². The van der Waals surface area contributed by atoms with Crippen molar-refractivity contribution >= 4 is 5.69 Å². The van der Waals surface area contributed by atoms with Gasteiger partial charge in [-0.25, -0.2) is 4.39 Å². The molecule has 2 rings (SSSR count). The molecule has 6 heteroatoms. The molecule has 1 aromatic heterocycles. The quantitative estimate of drug-likeness (QED) is 0.800. The molecule has 0 radical (unpaired) electrons. The molecule has 19 heavy (non-hydrogen) atoms. The molecule has 0 amide bonds. The lowest BCUT2D eigenvalue weighted by Gasteiger charge is -2.10. The smallest absolute Gasteiger partial charge is 0.397 e. The van der Waals surface area contributed by atoms with Gasteiger partial charge in [-0.3, -0.25) is 4.98 Å². The molecular weight excluding hydrogens is 260 g/mol. The molecular formula is C13H10F4N2. The number of nitrogens with two attached hydrogens (primary N) is 1. The van der Waals surface area contributed by atoms with E-state index in [-0.39, 0.29) is 5.56 Å². The minimum absolute atomic E-state index is 0.192. The second kappa shape index (κ2) is 4.53. The van der Waals surface area contributed by atoms with Crippen LogP contribution in [0.25, 0.3) is 11.3 Å². The summed E-state index contributed by atoms with van der Waals surface area (Å²) in [5.74, 6) is -1.30. The second-order valence-electron chi connectivity index (χ2n) is 4.06. The Kier molecular flexibility index (Phi) is 3.18. The van der Waals surface area contributed by atoms with Crippen molar-refractivity contribution in [3.63, 3.8) is 0 Å². The average Bonchev–Trinajstić information content (AvgIpc) is 2.32. The average molecular weight is 270 g/mol. The van der Waals surface area contributed by atoms with Gasteiger partial charge in [0.25, 0.3) is 0 Å². The van der Waals surface area contributed by atoms with Crippen LogP contribution in [-0.2, 0) is 6.18 Å². The Hall–Kier alpha value is -2.11. The minimum atomic E-state index is -4.73. The fourth-order valence-corrected chi connectivity index (χ4v) is 1.63. The first kappa shape index (κ1) is 13.3. The summed E-state index contributed by atoms with van der Waals surface area (Å²) in [5, 5.41) is 0. The first-order valence-corrected chi connectivity index (χ1v) is 5.39. The van der Waals surface area contributed by atoms with E-state index in [9.17, 15) is 17.6 Å². The highest BCUT2D eigenvalue weighted by molar-refractivity contribution is 5.63. The molecule has 0 spiro atoms. The third-order valence-electron chi connectivity index (χ3n) is 2.69. The normalized spacial score (nSPS) is 11.6. The van der Waals surface area contributed by atoms with E-state index in [2.05, 4.69) is 4.98 Å². The molecule has 0 bridgehead atoms. The van der Waals surface area contributed by atoms with Crippen molar-refractivity contribution in [2.75, 3.05) is 5.73 Å². The van der Waals surface area contributed by atoms with Crippen molar-refractivity contribution in [1.82, 2.24) is 4.98 Å². The summed E-state index contributed by atoms with van der Waals surface area (Å²) in [4.78, 5) is 4.08. The number of anilines is 1. The van der Waals surface area contributed by atoms with Crippen molar-refractivity contribution in [1.29, 1.82) is 0 Å². The van der Waals surface area contributed by atoms with E-state index < -0.39 is 17.6 Å². The predicted octanol–water partition coefficient (Wildman–Crippen LogP) is 3.80. The van der Waals surface area contributed by atoms with E-state index in [4.69, 9.17) is 5.73 Å². The number of rotatable bonds is 1. The van der Waals surface area contributed by atoms with Crippen LogP contribution in [0.15, 0.2) is 30.3 Å². The van der Waals surface area contributed by atoms with Crippen molar-refractivity contribution in [3.05, 3.63) is 47.4 Å². The van der Waals surface area contributed by atoms with Gasteiger partial charge in [-0.05, 0) is 37.3 Å². The summed E-state index contributed by atoms with van der Waals surface area (Å²) >= 11 is 0. The van der Waals surface area contributed by atoms with E-state index in [0.29, 0.717) is 17.1 Å². The molecule has 1 heterocycles. The van der Waals surface area contributed by atoms with Gasteiger partial charge in [0.1, 0.15) is 5.82 Å². The molecule has 2 aromatic rings. The van der Waals surface area contributed by atoms with Crippen molar-refractivity contribution in [3.8, 4) is 11.3 Å². The third-order valence-corrected chi connectivity index (χ3v) is 2.69. The Morgan fingerprint density at radius 2 is 1.79 bits per heavy atom. The summed E-state index contributed by atoms with van der Waals surface area (Å²) in [5.41, 5.74) is 5.75. The van der Waals surface area contributed by atoms with Crippen LogP contribution in [0.1, 0.15) is 11.3 Å². The van der Waals surface area contributed by atoms with Gasteiger partial charge in [0, 0.05) is 5.56 Å². The number of nitrogens with zero attached hydrogens (tertiary/aromatic N) is 1. The Balaban J connectivity index is 2.54. The number of aromatic nitrogens is 1. The van der Waals surface area contributed by atoms with E-state index in [1.807, 2.05) is 0 Å². The van der Waals surface area contributed by atoms with Crippen LogP contribution >= 0.6 is 0 Å². The van der Waals surface area contributed by atoms with Crippen LogP contribution in [0.4, 0.5) is 23.2 Å². The molecule has 0 aliphatic carbocycles. The molecule has 2 nitrogen and oxygen atoms in total.